The van der Waals surface area contributed by atoms with Crippen LogP contribution in [0.2, 0.25) is 0 Å². The molecule has 1 aliphatic heterocycles. The lowest BCUT2D eigenvalue weighted by molar-refractivity contribution is -0.147. The number of hydrogen-bond donors (Lipinski definition) is 2. The molecule has 2 amide bonds. The summed E-state index contributed by atoms with van der Waals surface area (Å²) in [6.07, 6.45) is 7.29. The van der Waals surface area contributed by atoms with Gasteiger partial charge in [0.05, 0.1) is 0 Å². The molecule has 0 radical (unpaired) electrons. The smallest absolute Gasteiger partial charge is 0.323 e. The molecule has 90 valence electrons. The first-order valence-electron chi connectivity index (χ1n) is 5.97. The second-order valence-corrected chi connectivity index (χ2v) is 4.97. The standard InChI is InChI=1S/C11H19N3O2/c12-13-9(15)10(16)14-7-5-11(6-8-14)3-1-2-4-11/h1-8,12H2,(H,13,15). The van der Waals surface area contributed by atoms with Crippen LogP contribution in [0.4, 0.5) is 0 Å². The molecule has 0 aromatic heterocycles. The Morgan fingerprint density at radius 1 is 1.06 bits per heavy atom. The summed E-state index contributed by atoms with van der Waals surface area (Å²) >= 11 is 0. The number of hydrogen-bond acceptors (Lipinski definition) is 3. The fraction of sp³-hybridized carbons (Fsp3) is 0.818. The Morgan fingerprint density at radius 3 is 2.12 bits per heavy atom. The first kappa shape index (κ1) is 11.4. The summed E-state index contributed by atoms with van der Waals surface area (Å²) in [5.41, 5.74) is 2.36. The molecule has 1 saturated heterocycles. The molecule has 1 spiro atoms. The zero-order chi connectivity index (χ0) is 11.6. The monoisotopic (exact) mass is 225 g/mol. The van der Waals surface area contributed by atoms with Gasteiger partial charge >= 0.3 is 11.8 Å². The Morgan fingerprint density at radius 2 is 1.62 bits per heavy atom. The molecule has 0 aromatic carbocycles. The Hall–Kier alpha value is -1.10. The van der Waals surface area contributed by atoms with Crippen LogP contribution in [0.15, 0.2) is 0 Å². The van der Waals surface area contributed by atoms with Gasteiger partial charge in [0.25, 0.3) is 0 Å². The van der Waals surface area contributed by atoms with E-state index < -0.39 is 11.8 Å². The van der Waals surface area contributed by atoms with Crippen LogP contribution in [-0.2, 0) is 9.59 Å². The molecule has 0 atom stereocenters. The van der Waals surface area contributed by atoms with Crippen molar-refractivity contribution in [1.82, 2.24) is 10.3 Å². The fourth-order valence-electron chi connectivity index (χ4n) is 3.01. The van der Waals surface area contributed by atoms with Crippen molar-refractivity contribution in [2.24, 2.45) is 11.3 Å². The van der Waals surface area contributed by atoms with E-state index in [2.05, 4.69) is 0 Å². The predicted octanol–water partition coefficient (Wildman–Crippen LogP) is 0.159. The third-order valence-corrected chi connectivity index (χ3v) is 4.10. The summed E-state index contributed by atoms with van der Waals surface area (Å²) in [5.74, 6) is 3.75. The van der Waals surface area contributed by atoms with Crippen molar-refractivity contribution in [3.63, 3.8) is 0 Å². The van der Waals surface area contributed by atoms with E-state index in [-0.39, 0.29) is 0 Å². The molecule has 2 fully saturated rings. The van der Waals surface area contributed by atoms with Gasteiger partial charge in [-0.3, -0.25) is 15.0 Å². The summed E-state index contributed by atoms with van der Waals surface area (Å²) in [5, 5.41) is 0. The molecule has 0 aromatic rings. The van der Waals surface area contributed by atoms with E-state index in [9.17, 15) is 9.59 Å². The van der Waals surface area contributed by atoms with E-state index in [0.29, 0.717) is 18.5 Å². The molecule has 5 nitrogen and oxygen atoms in total. The quantitative estimate of drug-likeness (QED) is 0.267. The van der Waals surface area contributed by atoms with Gasteiger partial charge in [-0.2, -0.15) is 0 Å². The van der Waals surface area contributed by atoms with Crippen LogP contribution >= 0.6 is 0 Å². The lowest BCUT2D eigenvalue weighted by atomic mass is 9.77. The number of nitrogens with zero attached hydrogens (tertiary/aromatic N) is 1. The number of likely N-dealkylation sites (tertiary alicyclic amines) is 1. The highest BCUT2D eigenvalue weighted by Crippen LogP contribution is 2.45. The van der Waals surface area contributed by atoms with Gasteiger partial charge in [-0.25, -0.2) is 5.84 Å². The minimum atomic E-state index is -0.706. The number of rotatable bonds is 0. The van der Waals surface area contributed by atoms with E-state index in [1.165, 1.54) is 25.7 Å². The van der Waals surface area contributed by atoms with Crippen LogP contribution in [-0.4, -0.2) is 29.8 Å². The minimum Gasteiger partial charge on any atom is -0.334 e. The number of hydrazine groups is 1. The second kappa shape index (κ2) is 4.41. The molecule has 1 heterocycles. The predicted molar refractivity (Wildman–Crippen MR) is 59.0 cm³/mol. The van der Waals surface area contributed by atoms with Gasteiger partial charge in [-0.15, -0.1) is 0 Å². The SMILES string of the molecule is NNC(=O)C(=O)N1CCC2(CCCC2)CC1. The highest BCUT2D eigenvalue weighted by Gasteiger charge is 2.38. The van der Waals surface area contributed by atoms with Crippen LogP contribution < -0.4 is 11.3 Å². The zero-order valence-electron chi connectivity index (χ0n) is 9.50. The van der Waals surface area contributed by atoms with E-state index in [1.807, 2.05) is 5.43 Å². The molecule has 16 heavy (non-hydrogen) atoms. The van der Waals surface area contributed by atoms with Gasteiger partial charge in [0.15, 0.2) is 0 Å². The van der Waals surface area contributed by atoms with Crippen LogP contribution in [0.5, 0.6) is 0 Å². The minimum absolute atomic E-state index is 0.468. The van der Waals surface area contributed by atoms with Gasteiger partial charge in [0.2, 0.25) is 0 Å². The third-order valence-electron chi connectivity index (χ3n) is 4.10. The fourth-order valence-corrected chi connectivity index (χ4v) is 3.01. The van der Waals surface area contributed by atoms with Crippen LogP contribution in [0.1, 0.15) is 38.5 Å². The zero-order valence-corrected chi connectivity index (χ0v) is 9.50. The van der Waals surface area contributed by atoms with Crippen LogP contribution in [0, 0.1) is 5.41 Å². The number of carbonyl (C=O) groups excluding carboxylic acids is 2. The summed E-state index contributed by atoms with van der Waals surface area (Å²) in [6.45, 7) is 1.40. The normalized spacial score (nSPS) is 23.4. The third kappa shape index (κ3) is 2.04. The Bertz CT molecular complexity index is 288. The average Bonchev–Trinajstić information content (AvgIpc) is 2.77. The summed E-state index contributed by atoms with van der Waals surface area (Å²) < 4.78 is 0. The Kier molecular flexibility index (Phi) is 3.14. The van der Waals surface area contributed by atoms with Gasteiger partial charge in [0, 0.05) is 13.1 Å². The molecule has 1 saturated carbocycles. The molecule has 2 aliphatic rings. The van der Waals surface area contributed by atoms with Crippen molar-refractivity contribution >= 4 is 11.8 Å². The number of nitrogens with one attached hydrogen (secondary N) is 1. The van der Waals surface area contributed by atoms with E-state index in [0.717, 1.165) is 12.8 Å². The van der Waals surface area contributed by atoms with Crippen LogP contribution in [0.3, 0.4) is 0 Å². The lowest BCUT2D eigenvalue weighted by Gasteiger charge is -2.38. The van der Waals surface area contributed by atoms with Crippen LogP contribution in [0.25, 0.3) is 0 Å². The number of carbonyl (C=O) groups is 2. The Balaban J connectivity index is 1.89. The van der Waals surface area contributed by atoms with Gasteiger partial charge in [0.1, 0.15) is 0 Å². The van der Waals surface area contributed by atoms with Crippen molar-refractivity contribution < 1.29 is 9.59 Å². The molecule has 5 heteroatoms. The molecular formula is C11H19N3O2. The Labute approximate surface area is 95.3 Å². The van der Waals surface area contributed by atoms with Gasteiger partial charge in [-0.05, 0) is 31.1 Å². The molecular weight excluding hydrogens is 206 g/mol. The molecule has 0 bridgehead atoms. The maximum atomic E-state index is 11.6. The maximum absolute atomic E-state index is 11.6. The largest absolute Gasteiger partial charge is 0.334 e. The maximum Gasteiger partial charge on any atom is 0.323 e. The van der Waals surface area contributed by atoms with Gasteiger partial charge in [-0.1, -0.05) is 12.8 Å². The number of amides is 2. The first-order chi connectivity index (χ1) is 7.67. The highest BCUT2D eigenvalue weighted by atomic mass is 16.2. The topological polar surface area (TPSA) is 75.4 Å². The summed E-state index contributed by atoms with van der Waals surface area (Å²) in [6, 6.07) is 0. The second-order valence-electron chi connectivity index (χ2n) is 4.97. The van der Waals surface area contributed by atoms with E-state index >= 15 is 0 Å². The average molecular weight is 225 g/mol. The van der Waals surface area contributed by atoms with E-state index in [4.69, 9.17) is 5.84 Å². The first-order valence-corrected chi connectivity index (χ1v) is 5.97. The van der Waals surface area contributed by atoms with E-state index in [1.54, 1.807) is 4.90 Å². The van der Waals surface area contributed by atoms with Gasteiger partial charge < -0.3 is 4.90 Å². The molecule has 3 N–H and O–H groups in total. The highest BCUT2D eigenvalue weighted by molar-refractivity contribution is 6.34. The summed E-state index contributed by atoms with van der Waals surface area (Å²) in [4.78, 5) is 24.3. The number of piperidine rings is 1. The summed E-state index contributed by atoms with van der Waals surface area (Å²) in [7, 11) is 0. The van der Waals surface area contributed by atoms with Crippen molar-refractivity contribution in [3.05, 3.63) is 0 Å². The van der Waals surface area contributed by atoms with Crippen molar-refractivity contribution in [1.29, 1.82) is 0 Å². The molecule has 0 unspecified atom stereocenters. The van der Waals surface area contributed by atoms with Crippen molar-refractivity contribution in [2.75, 3.05) is 13.1 Å². The molecule has 1 aliphatic carbocycles. The molecule has 2 rings (SSSR count). The van der Waals surface area contributed by atoms with Crippen molar-refractivity contribution in [2.45, 2.75) is 38.5 Å². The lowest BCUT2D eigenvalue weighted by Crippen LogP contribution is -2.49. The van der Waals surface area contributed by atoms with Crippen molar-refractivity contribution in [3.8, 4) is 0 Å². The number of nitrogens with two attached hydrogens (primary N) is 1.